The van der Waals surface area contributed by atoms with E-state index >= 15 is 0 Å². The lowest BCUT2D eigenvalue weighted by Crippen LogP contribution is -2.34. The molecule has 1 unspecified atom stereocenters. The van der Waals surface area contributed by atoms with E-state index in [9.17, 15) is 14.4 Å². The summed E-state index contributed by atoms with van der Waals surface area (Å²) in [7, 11) is 0. The first-order chi connectivity index (χ1) is 13.5. The van der Waals surface area contributed by atoms with E-state index in [0.29, 0.717) is 16.1 Å². The van der Waals surface area contributed by atoms with Crippen molar-refractivity contribution >= 4 is 29.4 Å². The van der Waals surface area contributed by atoms with Crippen molar-refractivity contribution in [3.8, 4) is 0 Å². The van der Waals surface area contributed by atoms with Gasteiger partial charge in [-0.25, -0.2) is 0 Å². The summed E-state index contributed by atoms with van der Waals surface area (Å²) >= 11 is 5.80. The monoisotopic (exact) mass is 400 g/mol. The van der Waals surface area contributed by atoms with Crippen molar-refractivity contribution < 1.29 is 19.1 Å². The third kappa shape index (κ3) is 5.82. The Labute approximate surface area is 168 Å². The standard InChI is InChI=1S/C21H21ClN2O4/c22-16-8-6-15(7-9-16)20(26)23-13-12-18(25)28-19(14-4-2-1-3-5-14)21(27)24-17-10-11-17/h1-9,17,19H,10-13H2,(H,23,26)(H,24,27). The van der Waals surface area contributed by atoms with Gasteiger partial charge in [0.05, 0.1) is 6.42 Å². The second-order valence-electron chi connectivity index (χ2n) is 6.58. The smallest absolute Gasteiger partial charge is 0.308 e. The molecule has 28 heavy (non-hydrogen) atoms. The molecule has 0 bridgehead atoms. The maximum absolute atomic E-state index is 12.5. The Morgan fingerprint density at radius 1 is 1.04 bits per heavy atom. The van der Waals surface area contributed by atoms with Crippen LogP contribution in [-0.4, -0.2) is 30.4 Å². The van der Waals surface area contributed by atoms with Crippen LogP contribution in [0.4, 0.5) is 0 Å². The van der Waals surface area contributed by atoms with Crippen LogP contribution in [0.25, 0.3) is 0 Å². The molecule has 0 aliphatic heterocycles. The van der Waals surface area contributed by atoms with E-state index in [0.717, 1.165) is 12.8 Å². The Bertz CT molecular complexity index is 835. The van der Waals surface area contributed by atoms with Gasteiger partial charge in [0.15, 0.2) is 0 Å². The van der Waals surface area contributed by atoms with Crippen molar-refractivity contribution in [3.63, 3.8) is 0 Å². The lowest BCUT2D eigenvalue weighted by molar-refractivity contribution is -0.156. The van der Waals surface area contributed by atoms with Crippen molar-refractivity contribution in [1.29, 1.82) is 0 Å². The van der Waals surface area contributed by atoms with Gasteiger partial charge in [0.25, 0.3) is 11.8 Å². The number of nitrogens with one attached hydrogen (secondary N) is 2. The van der Waals surface area contributed by atoms with Crippen LogP contribution in [0, 0.1) is 0 Å². The molecule has 2 amide bonds. The number of hydrogen-bond acceptors (Lipinski definition) is 4. The molecule has 0 heterocycles. The molecule has 1 saturated carbocycles. The summed E-state index contributed by atoms with van der Waals surface area (Å²) in [6.45, 7) is 0.103. The van der Waals surface area contributed by atoms with Gasteiger partial charge < -0.3 is 15.4 Å². The van der Waals surface area contributed by atoms with E-state index in [2.05, 4.69) is 10.6 Å². The first-order valence-corrected chi connectivity index (χ1v) is 9.49. The van der Waals surface area contributed by atoms with Gasteiger partial charge in [0.2, 0.25) is 6.10 Å². The maximum atomic E-state index is 12.5. The van der Waals surface area contributed by atoms with Gasteiger partial charge in [0, 0.05) is 28.7 Å². The molecule has 3 rings (SSSR count). The summed E-state index contributed by atoms with van der Waals surface area (Å²) in [6, 6.07) is 15.5. The minimum absolute atomic E-state index is 0.0423. The van der Waals surface area contributed by atoms with E-state index in [-0.39, 0.29) is 30.8 Å². The van der Waals surface area contributed by atoms with Crippen molar-refractivity contribution in [1.82, 2.24) is 10.6 Å². The topological polar surface area (TPSA) is 84.5 Å². The molecule has 146 valence electrons. The molecule has 1 aliphatic rings. The SMILES string of the molecule is O=C(CCNC(=O)c1ccc(Cl)cc1)OC(C(=O)NC1CC1)c1ccccc1. The zero-order valence-corrected chi connectivity index (χ0v) is 15.9. The van der Waals surface area contributed by atoms with Crippen molar-refractivity contribution in [3.05, 3.63) is 70.7 Å². The van der Waals surface area contributed by atoms with Gasteiger partial charge in [-0.2, -0.15) is 0 Å². The quantitative estimate of drug-likeness (QED) is 0.667. The van der Waals surface area contributed by atoms with Crippen LogP contribution in [0.3, 0.4) is 0 Å². The summed E-state index contributed by atoms with van der Waals surface area (Å²) in [5.74, 6) is -1.20. The Morgan fingerprint density at radius 2 is 1.71 bits per heavy atom. The van der Waals surface area contributed by atoms with Crippen LogP contribution in [-0.2, 0) is 14.3 Å². The highest BCUT2D eigenvalue weighted by atomic mass is 35.5. The first-order valence-electron chi connectivity index (χ1n) is 9.11. The fourth-order valence-electron chi connectivity index (χ4n) is 2.58. The Kier molecular flexibility index (Phi) is 6.66. The van der Waals surface area contributed by atoms with E-state index in [1.54, 1.807) is 48.5 Å². The molecule has 1 atom stereocenters. The maximum Gasteiger partial charge on any atom is 0.308 e. The molecule has 2 aromatic carbocycles. The zero-order chi connectivity index (χ0) is 19.9. The molecule has 2 N–H and O–H groups in total. The van der Waals surface area contributed by atoms with E-state index in [4.69, 9.17) is 16.3 Å². The van der Waals surface area contributed by atoms with Crippen molar-refractivity contribution in [2.75, 3.05) is 6.54 Å². The van der Waals surface area contributed by atoms with Gasteiger partial charge in [-0.3, -0.25) is 14.4 Å². The van der Waals surface area contributed by atoms with Gasteiger partial charge in [-0.05, 0) is 37.1 Å². The lowest BCUT2D eigenvalue weighted by atomic mass is 10.1. The van der Waals surface area contributed by atoms with Crippen LogP contribution in [0.2, 0.25) is 5.02 Å². The number of hydrogen-bond donors (Lipinski definition) is 2. The van der Waals surface area contributed by atoms with Gasteiger partial charge in [-0.1, -0.05) is 41.9 Å². The average molecular weight is 401 g/mol. The molecule has 1 fully saturated rings. The van der Waals surface area contributed by atoms with Gasteiger partial charge in [-0.15, -0.1) is 0 Å². The molecule has 0 aromatic heterocycles. The number of amides is 2. The van der Waals surface area contributed by atoms with Crippen molar-refractivity contribution in [2.45, 2.75) is 31.4 Å². The van der Waals surface area contributed by atoms with Crippen LogP contribution >= 0.6 is 11.6 Å². The van der Waals surface area contributed by atoms with E-state index < -0.39 is 12.1 Å². The Morgan fingerprint density at radius 3 is 2.36 bits per heavy atom. The molecule has 7 heteroatoms. The molecular formula is C21H21ClN2O4. The third-order valence-electron chi connectivity index (χ3n) is 4.23. The molecule has 1 aliphatic carbocycles. The number of ether oxygens (including phenoxy) is 1. The molecular weight excluding hydrogens is 380 g/mol. The highest BCUT2D eigenvalue weighted by Gasteiger charge is 2.30. The largest absolute Gasteiger partial charge is 0.447 e. The molecule has 0 radical (unpaired) electrons. The predicted octanol–water partition coefficient (Wildman–Crippen LogP) is 3.02. The minimum Gasteiger partial charge on any atom is -0.447 e. The van der Waals surface area contributed by atoms with Crippen LogP contribution < -0.4 is 10.6 Å². The average Bonchev–Trinajstić information content (AvgIpc) is 3.51. The number of halogens is 1. The third-order valence-corrected chi connectivity index (χ3v) is 4.49. The van der Waals surface area contributed by atoms with Crippen LogP contribution in [0.5, 0.6) is 0 Å². The fourth-order valence-corrected chi connectivity index (χ4v) is 2.70. The van der Waals surface area contributed by atoms with Crippen molar-refractivity contribution in [2.24, 2.45) is 0 Å². The second-order valence-corrected chi connectivity index (χ2v) is 7.01. The molecule has 0 spiro atoms. The molecule has 2 aromatic rings. The van der Waals surface area contributed by atoms with Gasteiger partial charge >= 0.3 is 5.97 Å². The molecule has 0 saturated heterocycles. The summed E-state index contributed by atoms with van der Waals surface area (Å²) < 4.78 is 5.41. The number of rotatable bonds is 8. The zero-order valence-electron chi connectivity index (χ0n) is 15.2. The highest BCUT2D eigenvalue weighted by molar-refractivity contribution is 6.30. The summed E-state index contributed by atoms with van der Waals surface area (Å²) in [6.07, 6.45) is 0.844. The van der Waals surface area contributed by atoms with Gasteiger partial charge in [0.1, 0.15) is 0 Å². The van der Waals surface area contributed by atoms with E-state index in [1.807, 2.05) is 6.07 Å². The number of esters is 1. The summed E-state index contributed by atoms with van der Waals surface area (Å²) in [5, 5.41) is 6.05. The van der Waals surface area contributed by atoms with Crippen LogP contribution in [0.1, 0.15) is 41.3 Å². The summed E-state index contributed by atoms with van der Waals surface area (Å²) in [4.78, 5) is 36.7. The fraction of sp³-hybridized carbons (Fsp3) is 0.286. The number of carbonyl (C=O) groups is 3. The number of carbonyl (C=O) groups excluding carboxylic acids is 3. The normalized spacial score (nSPS) is 14.0. The number of benzene rings is 2. The van der Waals surface area contributed by atoms with Crippen LogP contribution in [0.15, 0.2) is 54.6 Å². The second kappa shape index (κ2) is 9.37. The Hall–Kier alpha value is -2.86. The minimum atomic E-state index is -0.999. The lowest BCUT2D eigenvalue weighted by Gasteiger charge is -2.18. The first kappa shape index (κ1) is 19.9. The highest BCUT2D eigenvalue weighted by Crippen LogP contribution is 2.23. The predicted molar refractivity (Wildman–Crippen MR) is 105 cm³/mol. The Balaban J connectivity index is 1.52. The summed E-state index contributed by atoms with van der Waals surface area (Å²) in [5.41, 5.74) is 1.06. The van der Waals surface area contributed by atoms with E-state index in [1.165, 1.54) is 0 Å². The molecule has 6 nitrogen and oxygen atoms in total.